The molecule has 0 fully saturated rings. The number of rotatable bonds is 4. The third-order valence-electron chi connectivity index (χ3n) is 3.48. The quantitative estimate of drug-likeness (QED) is 0.595. The van der Waals surface area contributed by atoms with Crippen molar-refractivity contribution in [1.29, 1.82) is 0 Å². The van der Waals surface area contributed by atoms with Gasteiger partial charge in [0.15, 0.2) is 5.65 Å². The summed E-state index contributed by atoms with van der Waals surface area (Å²) in [5.74, 6) is -1.09. The fraction of sp³-hybridized carbons (Fsp3) is 0. The molecule has 1 N–H and O–H groups in total. The topological polar surface area (TPSA) is 94.3 Å². The van der Waals surface area contributed by atoms with Gasteiger partial charge in [-0.2, -0.15) is 5.10 Å². The molecule has 0 spiro atoms. The molecule has 10 heteroatoms. The van der Waals surface area contributed by atoms with Crippen molar-refractivity contribution in [2.45, 2.75) is 0 Å². The summed E-state index contributed by atoms with van der Waals surface area (Å²) >= 11 is 0. The average Bonchev–Trinajstić information content (AvgIpc) is 3.11. The van der Waals surface area contributed by atoms with Crippen molar-refractivity contribution in [1.82, 2.24) is 24.6 Å². The number of nitrogens with zero attached hydrogens (tertiary/aromatic N) is 5. The van der Waals surface area contributed by atoms with Crippen molar-refractivity contribution in [3.8, 4) is 11.5 Å². The lowest BCUT2D eigenvalue weighted by Crippen LogP contribution is -2.15. The number of carbonyl (C=O) groups excluding carboxylic acids is 1. The number of halogens is 2. The maximum Gasteiger partial charge on any atom is 0.260 e. The second-order valence-electron chi connectivity index (χ2n) is 5.37. The molecule has 0 saturated carbocycles. The summed E-state index contributed by atoms with van der Waals surface area (Å²) < 4.78 is 33.1. The number of carbonyl (C=O) groups is 1. The number of aromatic nitrogens is 5. The van der Waals surface area contributed by atoms with E-state index in [0.29, 0.717) is 0 Å². The summed E-state index contributed by atoms with van der Waals surface area (Å²) in [6.07, 6.45) is 6.12. The first-order valence-electron chi connectivity index (χ1n) is 7.63. The Bertz CT molecular complexity index is 1130. The summed E-state index contributed by atoms with van der Waals surface area (Å²) in [6.45, 7) is 0. The van der Waals surface area contributed by atoms with Crippen molar-refractivity contribution >= 4 is 17.4 Å². The Labute approximate surface area is 150 Å². The standard InChI is InChI=1S/C17H10F2N6O2/c18-10-1-2-15(21-6-10)24-17(26)14-4-13(8-25-16(14)22-9-23-25)27-12-3-11(19)5-20-7-12/h1-9H,(H,21,24,26). The highest BCUT2D eigenvalue weighted by atomic mass is 19.1. The molecule has 0 saturated heterocycles. The van der Waals surface area contributed by atoms with E-state index >= 15 is 0 Å². The van der Waals surface area contributed by atoms with Crippen LogP contribution in [0.4, 0.5) is 14.6 Å². The molecular formula is C17H10F2N6O2. The minimum Gasteiger partial charge on any atom is -0.454 e. The number of ether oxygens (including phenoxy) is 1. The Morgan fingerprint density at radius 3 is 2.70 bits per heavy atom. The van der Waals surface area contributed by atoms with Crippen molar-refractivity contribution in [2.75, 3.05) is 5.32 Å². The number of pyridine rings is 3. The molecule has 0 atom stereocenters. The zero-order chi connectivity index (χ0) is 18.8. The number of fused-ring (bicyclic) bond motifs is 1. The molecule has 4 heterocycles. The molecule has 0 unspecified atom stereocenters. The summed E-state index contributed by atoms with van der Waals surface area (Å²) in [4.78, 5) is 24.1. The molecule has 4 aromatic rings. The SMILES string of the molecule is O=C(Nc1ccc(F)cn1)c1cc(Oc2cncc(F)c2)cn2ncnc12. The first-order valence-corrected chi connectivity index (χ1v) is 7.63. The van der Waals surface area contributed by atoms with Gasteiger partial charge in [0.1, 0.15) is 35.3 Å². The van der Waals surface area contributed by atoms with E-state index in [1.165, 1.54) is 41.4 Å². The van der Waals surface area contributed by atoms with Crippen molar-refractivity contribution < 1.29 is 18.3 Å². The van der Waals surface area contributed by atoms with E-state index in [4.69, 9.17) is 4.74 Å². The number of anilines is 1. The van der Waals surface area contributed by atoms with Gasteiger partial charge in [0.2, 0.25) is 0 Å². The van der Waals surface area contributed by atoms with E-state index in [1.807, 2.05) is 0 Å². The van der Waals surface area contributed by atoms with Gasteiger partial charge < -0.3 is 10.1 Å². The molecule has 0 bridgehead atoms. The van der Waals surface area contributed by atoms with Gasteiger partial charge >= 0.3 is 0 Å². The van der Waals surface area contributed by atoms with Gasteiger partial charge in [-0.1, -0.05) is 0 Å². The molecule has 1 amide bonds. The Morgan fingerprint density at radius 2 is 1.93 bits per heavy atom. The molecule has 0 aliphatic carbocycles. The van der Waals surface area contributed by atoms with E-state index < -0.39 is 17.5 Å². The van der Waals surface area contributed by atoms with Crippen LogP contribution in [0.1, 0.15) is 10.4 Å². The van der Waals surface area contributed by atoms with Crippen LogP contribution in [-0.2, 0) is 0 Å². The largest absolute Gasteiger partial charge is 0.454 e. The Hall–Kier alpha value is -3.95. The van der Waals surface area contributed by atoms with Crippen LogP contribution < -0.4 is 10.1 Å². The van der Waals surface area contributed by atoms with Crippen molar-refractivity contribution in [3.05, 3.63) is 72.6 Å². The predicted octanol–water partition coefficient (Wildman–Crippen LogP) is 2.84. The van der Waals surface area contributed by atoms with Crippen molar-refractivity contribution in [2.24, 2.45) is 0 Å². The number of hydrogen-bond donors (Lipinski definition) is 1. The molecule has 4 aromatic heterocycles. The summed E-state index contributed by atoms with van der Waals surface area (Å²) in [7, 11) is 0. The van der Waals surface area contributed by atoms with Gasteiger partial charge in [0, 0.05) is 6.07 Å². The molecule has 0 aromatic carbocycles. The molecular weight excluding hydrogens is 358 g/mol. The highest BCUT2D eigenvalue weighted by molar-refractivity contribution is 6.08. The van der Waals surface area contributed by atoms with E-state index in [-0.39, 0.29) is 28.5 Å². The van der Waals surface area contributed by atoms with Gasteiger partial charge in [-0.15, -0.1) is 0 Å². The number of hydrogen-bond acceptors (Lipinski definition) is 6. The van der Waals surface area contributed by atoms with E-state index in [0.717, 1.165) is 18.5 Å². The second-order valence-corrected chi connectivity index (χ2v) is 5.37. The molecule has 4 rings (SSSR count). The minimum absolute atomic E-state index is 0.139. The van der Waals surface area contributed by atoms with Crippen molar-refractivity contribution in [3.63, 3.8) is 0 Å². The average molecular weight is 368 g/mol. The maximum atomic E-state index is 13.3. The molecule has 0 aliphatic rings. The molecule has 0 radical (unpaired) electrons. The lowest BCUT2D eigenvalue weighted by atomic mass is 10.2. The summed E-state index contributed by atoms with van der Waals surface area (Å²) in [6, 6.07) is 5.08. The van der Waals surface area contributed by atoms with Crippen LogP contribution in [0, 0.1) is 11.6 Å². The van der Waals surface area contributed by atoms with E-state index in [2.05, 4.69) is 25.4 Å². The van der Waals surface area contributed by atoms with Crippen LogP contribution in [0.3, 0.4) is 0 Å². The fourth-order valence-corrected chi connectivity index (χ4v) is 2.34. The lowest BCUT2D eigenvalue weighted by Gasteiger charge is -2.09. The highest BCUT2D eigenvalue weighted by Crippen LogP contribution is 2.24. The van der Waals surface area contributed by atoms with Gasteiger partial charge in [-0.05, 0) is 18.2 Å². The fourth-order valence-electron chi connectivity index (χ4n) is 2.34. The number of amides is 1. The maximum absolute atomic E-state index is 13.3. The zero-order valence-electron chi connectivity index (χ0n) is 13.5. The van der Waals surface area contributed by atoms with Crippen LogP contribution in [0.2, 0.25) is 0 Å². The third kappa shape index (κ3) is 3.54. The lowest BCUT2D eigenvalue weighted by molar-refractivity contribution is 0.102. The van der Waals surface area contributed by atoms with Crippen LogP contribution in [0.15, 0.2) is 55.4 Å². The number of nitrogens with one attached hydrogen (secondary N) is 1. The zero-order valence-corrected chi connectivity index (χ0v) is 13.5. The Kier molecular flexibility index (Phi) is 4.13. The molecule has 27 heavy (non-hydrogen) atoms. The Balaban J connectivity index is 1.67. The summed E-state index contributed by atoms with van der Waals surface area (Å²) in [5.41, 5.74) is 0.416. The van der Waals surface area contributed by atoms with E-state index in [9.17, 15) is 13.6 Å². The normalized spacial score (nSPS) is 10.7. The second kappa shape index (κ2) is 6.75. The predicted molar refractivity (Wildman–Crippen MR) is 89.4 cm³/mol. The minimum atomic E-state index is -0.560. The first-order chi connectivity index (χ1) is 13.1. The van der Waals surface area contributed by atoms with Gasteiger partial charge in [-0.25, -0.2) is 23.3 Å². The van der Waals surface area contributed by atoms with Crippen LogP contribution >= 0.6 is 0 Å². The van der Waals surface area contributed by atoms with Crippen LogP contribution in [0.5, 0.6) is 11.5 Å². The van der Waals surface area contributed by atoms with Crippen LogP contribution in [0.25, 0.3) is 5.65 Å². The molecule has 0 aliphatic heterocycles. The smallest absolute Gasteiger partial charge is 0.260 e. The van der Waals surface area contributed by atoms with Gasteiger partial charge in [0.05, 0.1) is 30.4 Å². The van der Waals surface area contributed by atoms with E-state index in [1.54, 1.807) is 0 Å². The Morgan fingerprint density at radius 1 is 1.04 bits per heavy atom. The van der Waals surface area contributed by atoms with Gasteiger partial charge in [0.25, 0.3) is 5.91 Å². The highest BCUT2D eigenvalue weighted by Gasteiger charge is 2.16. The van der Waals surface area contributed by atoms with Crippen LogP contribution in [-0.4, -0.2) is 30.5 Å². The molecule has 134 valence electrons. The van der Waals surface area contributed by atoms with Gasteiger partial charge in [-0.3, -0.25) is 9.78 Å². The summed E-state index contributed by atoms with van der Waals surface area (Å²) in [5, 5.41) is 6.53. The third-order valence-corrected chi connectivity index (χ3v) is 3.48. The first kappa shape index (κ1) is 16.5. The monoisotopic (exact) mass is 368 g/mol. The molecule has 8 nitrogen and oxygen atoms in total.